The van der Waals surface area contributed by atoms with E-state index in [1.165, 1.54) is 11.8 Å². The first-order valence-electron chi connectivity index (χ1n) is 10.2. The molecule has 0 aliphatic heterocycles. The van der Waals surface area contributed by atoms with Gasteiger partial charge in [-0.05, 0) is 44.0 Å². The molecule has 2 aromatic carbocycles. The van der Waals surface area contributed by atoms with Gasteiger partial charge in [0, 0.05) is 23.6 Å². The topological polar surface area (TPSA) is 123 Å². The zero-order valence-electron chi connectivity index (χ0n) is 18.5. The van der Waals surface area contributed by atoms with E-state index in [2.05, 4.69) is 16.2 Å². The van der Waals surface area contributed by atoms with Gasteiger partial charge in [0.25, 0.3) is 11.8 Å². The molecule has 2 aromatic rings. The van der Waals surface area contributed by atoms with Crippen molar-refractivity contribution in [2.75, 3.05) is 5.75 Å². The van der Waals surface area contributed by atoms with Gasteiger partial charge in [-0.3, -0.25) is 20.4 Å². The van der Waals surface area contributed by atoms with Crippen molar-refractivity contribution in [2.45, 2.75) is 44.7 Å². The van der Waals surface area contributed by atoms with Crippen LogP contribution in [0.15, 0.2) is 54.6 Å². The number of ether oxygens (including phenoxy) is 1. The van der Waals surface area contributed by atoms with Gasteiger partial charge >= 0.3 is 6.09 Å². The number of alkyl carbamates (subject to hydrolysis) is 1. The monoisotopic (exact) mass is 458 g/mol. The summed E-state index contributed by atoms with van der Waals surface area (Å²) in [5.74, 6) is -0.0696. The third-order valence-electron chi connectivity index (χ3n) is 4.15. The fraction of sp³-hybridized carbons (Fsp3) is 0.348. The van der Waals surface area contributed by atoms with Crippen molar-refractivity contribution >= 4 is 29.7 Å². The maximum absolute atomic E-state index is 12.7. The summed E-state index contributed by atoms with van der Waals surface area (Å²) < 4.78 is 5.26. The molecule has 0 bridgehead atoms. The zero-order valence-corrected chi connectivity index (χ0v) is 19.3. The van der Waals surface area contributed by atoms with Crippen LogP contribution in [0.3, 0.4) is 0 Å². The number of carbonyl (C=O) groups is 3. The molecule has 1 atom stereocenters. The van der Waals surface area contributed by atoms with Gasteiger partial charge in [-0.15, -0.1) is 0 Å². The Morgan fingerprint density at radius 3 is 2.22 bits per heavy atom. The highest BCUT2D eigenvalue weighted by Gasteiger charge is 2.25. The number of nitrogens with one attached hydrogen (secondary N) is 3. The first kappa shape index (κ1) is 25.2. The average Bonchev–Trinajstić information content (AvgIpc) is 2.76. The van der Waals surface area contributed by atoms with Crippen LogP contribution in [0.5, 0.6) is 0 Å². The first-order chi connectivity index (χ1) is 15.2. The number of rotatable bonds is 8. The smallest absolute Gasteiger partial charge is 0.408 e. The van der Waals surface area contributed by atoms with Crippen LogP contribution in [0.25, 0.3) is 0 Å². The molecule has 172 valence electrons. The minimum Gasteiger partial charge on any atom is -0.444 e. The molecular weight excluding hydrogens is 428 g/mol. The maximum atomic E-state index is 12.7. The maximum Gasteiger partial charge on any atom is 0.408 e. The molecule has 0 aliphatic rings. The largest absolute Gasteiger partial charge is 0.444 e. The number of amides is 3. The number of carbonyl (C=O) groups excluding carboxylic acids is 3. The van der Waals surface area contributed by atoms with Crippen molar-refractivity contribution in [2.24, 2.45) is 5.73 Å². The van der Waals surface area contributed by atoms with Crippen molar-refractivity contribution in [3.63, 3.8) is 0 Å². The van der Waals surface area contributed by atoms with E-state index in [-0.39, 0.29) is 0 Å². The molecule has 0 saturated heterocycles. The fourth-order valence-electron chi connectivity index (χ4n) is 2.57. The molecule has 3 amide bonds. The summed E-state index contributed by atoms with van der Waals surface area (Å²) in [5.41, 5.74) is 12.0. The van der Waals surface area contributed by atoms with E-state index in [1.54, 1.807) is 45.0 Å². The zero-order chi connectivity index (χ0) is 23.6. The highest BCUT2D eigenvalue weighted by Crippen LogP contribution is 2.14. The van der Waals surface area contributed by atoms with Crippen LogP contribution in [-0.2, 0) is 21.8 Å². The molecule has 9 heteroatoms. The highest BCUT2D eigenvalue weighted by atomic mass is 32.2. The van der Waals surface area contributed by atoms with E-state index in [1.807, 2.05) is 30.3 Å². The van der Waals surface area contributed by atoms with Gasteiger partial charge in [-0.25, -0.2) is 4.79 Å². The molecule has 0 aliphatic carbocycles. The quantitative estimate of drug-likeness (QED) is 0.451. The summed E-state index contributed by atoms with van der Waals surface area (Å²) in [6.45, 7) is 5.59. The Labute approximate surface area is 192 Å². The van der Waals surface area contributed by atoms with Crippen molar-refractivity contribution in [3.8, 4) is 0 Å². The van der Waals surface area contributed by atoms with E-state index in [0.717, 1.165) is 11.1 Å². The Bertz CT molecular complexity index is 898. The molecule has 0 aromatic heterocycles. The lowest BCUT2D eigenvalue weighted by atomic mass is 10.1. The average molecular weight is 459 g/mol. The van der Waals surface area contributed by atoms with Gasteiger partial charge in [0.05, 0.1) is 0 Å². The van der Waals surface area contributed by atoms with Gasteiger partial charge in [-0.1, -0.05) is 42.5 Å². The second kappa shape index (κ2) is 12.1. The Hall–Kier alpha value is -3.04. The van der Waals surface area contributed by atoms with Gasteiger partial charge in [0.2, 0.25) is 0 Å². The van der Waals surface area contributed by atoms with Gasteiger partial charge in [-0.2, -0.15) is 11.8 Å². The summed E-state index contributed by atoms with van der Waals surface area (Å²) in [6.07, 6.45) is -0.707. The van der Waals surface area contributed by atoms with Crippen LogP contribution in [0.2, 0.25) is 0 Å². The van der Waals surface area contributed by atoms with Crippen LogP contribution in [0.4, 0.5) is 4.79 Å². The van der Waals surface area contributed by atoms with Crippen molar-refractivity contribution in [3.05, 3.63) is 71.3 Å². The number of hydrazine groups is 1. The van der Waals surface area contributed by atoms with Crippen molar-refractivity contribution < 1.29 is 19.1 Å². The van der Waals surface area contributed by atoms with Crippen LogP contribution in [0, 0.1) is 0 Å². The molecule has 0 radical (unpaired) electrons. The highest BCUT2D eigenvalue weighted by molar-refractivity contribution is 7.98. The van der Waals surface area contributed by atoms with Crippen LogP contribution >= 0.6 is 11.8 Å². The Kier molecular flexibility index (Phi) is 9.55. The number of hydrogen-bond acceptors (Lipinski definition) is 6. The fourth-order valence-corrected chi connectivity index (χ4v) is 3.59. The molecule has 2 rings (SSSR count). The predicted molar refractivity (Wildman–Crippen MR) is 126 cm³/mol. The minimum absolute atomic E-state index is 0.293. The lowest BCUT2D eigenvalue weighted by Crippen LogP contribution is -2.54. The Morgan fingerprint density at radius 2 is 1.62 bits per heavy atom. The lowest BCUT2D eigenvalue weighted by Gasteiger charge is -2.23. The normalized spacial score (nSPS) is 11.9. The number of thioether (sulfide) groups is 1. The van der Waals surface area contributed by atoms with Crippen LogP contribution in [0.1, 0.15) is 42.3 Å². The third-order valence-corrected chi connectivity index (χ3v) is 5.26. The second-order valence-electron chi connectivity index (χ2n) is 8.04. The third kappa shape index (κ3) is 8.99. The molecule has 1 unspecified atom stereocenters. The molecule has 0 fully saturated rings. The Morgan fingerprint density at radius 1 is 0.969 bits per heavy atom. The van der Waals surface area contributed by atoms with E-state index in [9.17, 15) is 14.4 Å². The van der Waals surface area contributed by atoms with Gasteiger partial charge < -0.3 is 15.8 Å². The summed E-state index contributed by atoms with van der Waals surface area (Å²) >= 11 is 1.48. The SMILES string of the molecule is CC(C)(C)OC(=O)NC(CSCc1ccccc1)C(=O)NNC(=O)c1ccc(CN)cc1. The van der Waals surface area contributed by atoms with Crippen molar-refractivity contribution in [1.82, 2.24) is 16.2 Å². The number of hydrogen-bond donors (Lipinski definition) is 4. The van der Waals surface area contributed by atoms with Crippen LogP contribution < -0.4 is 21.9 Å². The molecule has 8 nitrogen and oxygen atoms in total. The van der Waals surface area contributed by atoms with Gasteiger partial charge in [0.15, 0.2) is 0 Å². The standard InChI is InChI=1S/C23H30N4O4S/c1-23(2,3)31-22(30)25-19(15-32-14-17-7-5-4-6-8-17)21(29)27-26-20(28)18-11-9-16(13-24)10-12-18/h4-12,19H,13-15,24H2,1-3H3,(H,25,30)(H,26,28)(H,27,29). The molecular formula is C23H30N4O4S. The Balaban J connectivity index is 1.96. The molecule has 5 N–H and O–H groups in total. The number of benzene rings is 2. The number of nitrogens with two attached hydrogens (primary N) is 1. The molecule has 0 saturated carbocycles. The molecule has 0 heterocycles. The molecule has 0 spiro atoms. The molecule has 32 heavy (non-hydrogen) atoms. The van der Waals surface area contributed by atoms with E-state index < -0.39 is 29.6 Å². The summed E-state index contributed by atoms with van der Waals surface area (Å²) in [7, 11) is 0. The van der Waals surface area contributed by atoms with E-state index in [4.69, 9.17) is 10.5 Å². The second-order valence-corrected chi connectivity index (χ2v) is 9.07. The van der Waals surface area contributed by atoms with Crippen LogP contribution in [-0.4, -0.2) is 35.3 Å². The predicted octanol–water partition coefficient (Wildman–Crippen LogP) is 2.73. The summed E-state index contributed by atoms with van der Waals surface area (Å²) in [4.78, 5) is 37.2. The summed E-state index contributed by atoms with van der Waals surface area (Å²) in [5, 5.41) is 2.58. The van der Waals surface area contributed by atoms with E-state index in [0.29, 0.717) is 23.6 Å². The lowest BCUT2D eigenvalue weighted by molar-refractivity contribution is -0.123. The first-order valence-corrected chi connectivity index (χ1v) is 11.3. The van der Waals surface area contributed by atoms with Crippen molar-refractivity contribution in [1.29, 1.82) is 0 Å². The minimum atomic E-state index is -0.904. The summed E-state index contributed by atoms with van der Waals surface area (Å²) in [6, 6.07) is 15.6. The van der Waals surface area contributed by atoms with E-state index >= 15 is 0 Å². The van der Waals surface area contributed by atoms with Gasteiger partial charge in [0.1, 0.15) is 11.6 Å².